The normalized spacial score (nSPS) is 10.7. The third-order valence-electron chi connectivity index (χ3n) is 1.59. The fourth-order valence-corrected chi connectivity index (χ4v) is 1.15. The van der Waals surface area contributed by atoms with E-state index in [1.54, 1.807) is 10.7 Å². The summed E-state index contributed by atoms with van der Waals surface area (Å²) in [5.74, 6) is 0.517. The molecular formula is C9H14N2O. The van der Waals surface area contributed by atoms with Crippen LogP contribution in [0.25, 0.3) is 0 Å². The summed E-state index contributed by atoms with van der Waals surface area (Å²) in [7, 11) is 0. The summed E-state index contributed by atoms with van der Waals surface area (Å²) in [6, 6.07) is 1.80. The number of hydrogen-bond donors (Lipinski definition) is 0. The molecule has 0 aliphatic carbocycles. The minimum Gasteiger partial charge on any atom is -0.296 e. The number of rotatable bonds is 3. The van der Waals surface area contributed by atoms with E-state index in [0.717, 1.165) is 18.5 Å². The highest BCUT2D eigenvalue weighted by atomic mass is 16.1. The second-order valence-corrected chi connectivity index (χ2v) is 3.40. The van der Waals surface area contributed by atoms with Gasteiger partial charge in [-0.3, -0.25) is 9.48 Å². The van der Waals surface area contributed by atoms with Gasteiger partial charge in [0.2, 0.25) is 0 Å². The lowest BCUT2D eigenvalue weighted by atomic mass is 10.2. The Morgan fingerprint density at radius 2 is 2.33 bits per heavy atom. The summed E-state index contributed by atoms with van der Waals surface area (Å²) in [5.41, 5.74) is 1.57. The highest BCUT2D eigenvalue weighted by Gasteiger charge is 2.04. The van der Waals surface area contributed by atoms with Crippen LogP contribution in [0.4, 0.5) is 0 Å². The van der Waals surface area contributed by atoms with Crippen molar-refractivity contribution >= 4 is 6.29 Å². The summed E-state index contributed by atoms with van der Waals surface area (Å²) in [6.45, 7) is 6.91. The summed E-state index contributed by atoms with van der Waals surface area (Å²) < 4.78 is 1.76. The maximum Gasteiger partial charge on any atom is 0.168 e. The number of carbonyl (C=O) groups excluding carboxylic acids is 1. The second-order valence-electron chi connectivity index (χ2n) is 3.40. The zero-order valence-corrected chi connectivity index (χ0v) is 7.74. The van der Waals surface area contributed by atoms with Crippen molar-refractivity contribution in [1.82, 2.24) is 9.78 Å². The van der Waals surface area contributed by atoms with Crippen molar-refractivity contribution in [2.75, 3.05) is 0 Å². The average molecular weight is 166 g/mol. The predicted octanol–water partition coefficient (Wildman–Crippen LogP) is 1.66. The van der Waals surface area contributed by atoms with Crippen molar-refractivity contribution in [3.8, 4) is 0 Å². The number of carbonyl (C=O) groups is 1. The fourth-order valence-electron chi connectivity index (χ4n) is 1.15. The maximum atomic E-state index is 10.6. The van der Waals surface area contributed by atoms with Crippen molar-refractivity contribution in [3.05, 3.63) is 17.5 Å². The highest BCUT2D eigenvalue weighted by Crippen LogP contribution is 2.04. The number of nitrogens with zero attached hydrogens (tertiary/aromatic N) is 2. The van der Waals surface area contributed by atoms with Crippen LogP contribution in [0.2, 0.25) is 0 Å². The molecule has 0 atom stereocenters. The van der Waals surface area contributed by atoms with E-state index < -0.39 is 0 Å². The van der Waals surface area contributed by atoms with E-state index in [1.165, 1.54) is 0 Å². The minimum atomic E-state index is 0.517. The lowest BCUT2D eigenvalue weighted by Gasteiger charge is -2.05. The molecule has 0 fully saturated rings. The molecule has 1 heterocycles. The fraction of sp³-hybridized carbons (Fsp3) is 0.556. The maximum absolute atomic E-state index is 10.6. The first-order valence-corrected chi connectivity index (χ1v) is 4.13. The third kappa shape index (κ3) is 1.94. The molecular weight excluding hydrogens is 152 g/mol. The van der Waals surface area contributed by atoms with Crippen LogP contribution in [0, 0.1) is 12.8 Å². The standard InChI is InChI=1S/C9H14N2O/c1-7(2)5-11-9(6-12)4-8(3)10-11/h4,6-7H,5H2,1-3H3. The van der Waals surface area contributed by atoms with Gasteiger partial charge in [-0.25, -0.2) is 0 Å². The first kappa shape index (κ1) is 8.97. The van der Waals surface area contributed by atoms with E-state index in [2.05, 4.69) is 18.9 Å². The zero-order valence-electron chi connectivity index (χ0n) is 7.74. The van der Waals surface area contributed by atoms with Crippen LogP contribution < -0.4 is 0 Å². The molecule has 0 aromatic carbocycles. The van der Waals surface area contributed by atoms with Gasteiger partial charge in [-0.15, -0.1) is 0 Å². The second kappa shape index (κ2) is 3.52. The Hall–Kier alpha value is -1.12. The topological polar surface area (TPSA) is 34.9 Å². The van der Waals surface area contributed by atoms with Gasteiger partial charge < -0.3 is 0 Å². The quantitative estimate of drug-likeness (QED) is 0.640. The summed E-state index contributed by atoms with van der Waals surface area (Å²) in [6.07, 6.45) is 0.850. The van der Waals surface area contributed by atoms with Crippen LogP contribution in [-0.2, 0) is 6.54 Å². The zero-order chi connectivity index (χ0) is 9.14. The van der Waals surface area contributed by atoms with Crippen LogP contribution in [0.5, 0.6) is 0 Å². The molecule has 1 aromatic rings. The molecule has 0 saturated heterocycles. The van der Waals surface area contributed by atoms with E-state index in [9.17, 15) is 4.79 Å². The van der Waals surface area contributed by atoms with E-state index in [1.807, 2.05) is 6.92 Å². The molecule has 0 spiro atoms. The van der Waals surface area contributed by atoms with Gasteiger partial charge in [0, 0.05) is 6.54 Å². The third-order valence-corrected chi connectivity index (χ3v) is 1.59. The molecule has 0 aliphatic heterocycles. The van der Waals surface area contributed by atoms with Crippen molar-refractivity contribution in [1.29, 1.82) is 0 Å². The molecule has 3 nitrogen and oxygen atoms in total. The molecule has 1 rings (SSSR count). The van der Waals surface area contributed by atoms with Crippen LogP contribution in [0.1, 0.15) is 30.0 Å². The highest BCUT2D eigenvalue weighted by molar-refractivity contribution is 5.72. The van der Waals surface area contributed by atoms with Crippen molar-refractivity contribution in [2.45, 2.75) is 27.3 Å². The SMILES string of the molecule is Cc1cc(C=O)n(CC(C)C)n1. The Bertz CT molecular complexity index is 276. The van der Waals surface area contributed by atoms with E-state index in [0.29, 0.717) is 11.6 Å². The monoisotopic (exact) mass is 166 g/mol. The molecule has 66 valence electrons. The molecule has 3 heteroatoms. The van der Waals surface area contributed by atoms with Gasteiger partial charge in [0.1, 0.15) is 5.69 Å². The Kier molecular flexibility index (Phi) is 2.63. The van der Waals surface area contributed by atoms with Gasteiger partial charge in [0.25, 0.3) is 0 Å². The van der Waals surface area contributed by atoms with Crippen molar-refractivity contribution < 1.29 is 4.79 Å². The summed E-state index contributed by atoms with van der Waals surface area (Å²) in [5, 5.41) is 4.21. The van der Waals surface area contributed by atoms with Crippen molar-refractivity contribution in [2.24, 2.45) is 5.92 Å². The molecule has 0 radical (unpaired) electrons. The number of aldehydes is 1. The van der Waals surface area contributed by atoms with E-state index in [-0.39, 0.29) is 0 Å². The predicted molar refractivity (Wildman–Crippen MR) is 47.2 cm³/mol. The molecule has 0 N–H and O–H groups in total. The van der Waals surface area contributed by atoms with Gasteiger partial charge >= 0.3 is 0 Å². The van der Waals surface area contributed by atoms with Crippen LogP contribution in [0.15, 0.2) is 6.07 Å². The molecule has 0 saturated carbocycles. The van der Waals surface area contributed by atoms with Gasteiger partial charge in [-0.2, -0.15) is 5.10 Å². The first-order chi connectivity index (χ1) is 5.63. The lowest BCUT2D eigenvalue weighted by Crippen LogP contribution is -2.09. The molecule has 0 amide bonds. The number of aryl methyl sites for hydroxylation is 1. The Morgan fingerprint density at radius 3 is 2.83 bits per heavy atom. The van der Waals surface area contributed by atoms with Crippen LogP contribution in [0.3, 0.4) is 0 Å². The smallest absolute Gasteiger partial charge is 0.168 e. The molecule has 0 bridgehead atoms. The van der Waals surface area contributed by atoms with E-state index >= 15 is 0 Å². The Labute approximate surface area is 72.4 Å². The Balaban J connectivity index is 2.89. The summed E-state index contributed by atoms with van der Waals surface area (Å²) >= 11 is 0. The largest absolute Gasteiger partial charge is 0.296 e. The minimum absolute atomic E-state index is 0.517. The van der Waals surface area contributed by atoms with Gasteiger partial charge in [-0.05, 0) is 18.9 Å². The average Bonchev–Trinajstić information content (AvgIpc) is 2.29. The summed E-state index contributed by atoms with van der Waals surface area (Å²) in [4.78, 5) is 10.6. The van der Waals surface area contributed by atoms with E-state index in [4.69, 9.17) is 0 Å². The lowest BCUT2D eigenvalue weighted by molar-refractivity contribution is 0.111. The molecule has 1 aromatic heterocycles. The number of hydrogen-bond acceptors (Lipinski definition) is 2. The Morgan fingerprint density at radius 1 is 1.67 bits per heavy atom. The molecule has 0 aliphatic rings. The van der Waals surface area contributed by atoms with Gasteiger partial charge in [-0.1, -0.05) is 13.8 Å². The molecule has 12 heavy (non-hydrogen) atoms. The van der Waals surface area contributed by atoms with Gasteiger partial charge in [0.15, 0.2) is 6.29 Å². The molecule has 0 unspecified atom stereocenters. The van der Waals surface area contributed by atoms with Gasteiger partial charge in [0.05, 0.1) is 5.69 Å². The van der Waals surface area contributed by atoms with Crippen LogP contribution >= 0.6 is 0 Å². The van der Waals surface area contributed by atoms with Crippen molar-refractivity contribution in [3.63, 3.8) is 0 Å². The first-order valence-electron chi connectivity index (χ1n) is 4.13. The van der Waals surface area contributed by atoms with Crippen LogP contribution in [-0.4, -0.2) is 16.1 Å². The number of aromatic nitrogens is 2.